The highest BCUT2D eigenvalue weighted by molar-refractivity contribution is 5.87. The van der Waals surface area contributed by atoms with Crippen LogP contribution in [0.2, 0.25) is 0 Å². The Morgan fingerprint density at radius 3 is 2.40 bits per heavy atom. The zero-order chi connectivity index (χ0) is 14.9. The first-order valence-electron chi connectivity index (χ1n) is 7.01. The Balaban J connectivity index is 2.40. The topological polar surface area (TPSA) is 20.3 Å². The van der Waals surface area contributed by atoms with E-state index in [1.165, 1.54) is 16.8 Å². The molecule has 2 heteroatoms. The van der Waals surface area contributed by atoms with E-state index in [9.17, 15) is 4.79 Å². The maximum atomic E-state index is 11.4. The number of nitrogens with zero attached hydrogens (tertiary/aromatic N) is 1. The van der Waals surface area contributed by atoms with Crippen LogP contribution in [0.25, 0.3) is 5.57 Å². The molecule has 1 aliphatic carbocycles. The molecular formula is C18H23NO. The van der Waals surface area contributed by atoms with Crippen LogP contribution in [0, 0.1) is 0 Å². The first-order valence-corrected chi connectivity index (χ1v) is 7.01. The van der Waals surface area contributed by atoms with Crippen molar-refractivity contribution in [2.45, 2.75) is 32.6 Å². The summed E-state index contributed by atoms with van der Waals surface area (Å²) in [6, 6.07) is 6.25. The molecule has 20 heavy (non-hydrogen) atoms. The minimum atomic E-state index is 0.0629. The third-order valence-corrected chi connectivity index (χ3v) is 3.76. The fraction of sp³-hybridized carbons (Fsp3) is 0.389. The maximum absolute atomic E-state index is 11.4. The molecule has 0 saturated heterocycles. The van der Waals surface area contributed by atoms with Gasteiger partial charge in [-0.15, -0.1) is 0 Å². The monoisotopic (exact) mass is 269 g/mol. The van der Waals surface area contributed by atoms with Gasteiger partial charge in [0.2, 0.25) is 0 Å². The van der Waals surface area contributed by atoms with Gasteiger partial charge in [-0.25, -0.2) is 0 Å². The molecule has 0 unspecified atom stereocenters. The summed E-state index contributed by atoms with van der Waals surface area (Å²) in [5.41, 5.74) is 5.53. The average molecular weight is 269 g/mol. The van der Waals surface area contributed by atoms with Gasteiger partial charge in [-0.3, -0.25) is 4.79 Å². The van der Waals surface area contributed by atoms with Gasteiger partial charge in [0, 0.05) is 25.4 Å². The molecule has 0 radical (unpaired) electrons. The van der Waals surface area contributed by atoms with Crippen LogP contribution in [0.3, 0.4) is 0 Å². The number of rotatable bonds is 3. The van der Waals surface area contributed by atoms with Gasteiger partial charge < -0.3 is 4.90 Å². The molecule has 106 valence electrons. The SMILES string of the molecule is CN(C)C1=CCC(c2ccc(C(C)(C)C)cc2C=O)=C1. The first kappa shape index (κ1) is 14.6. The van der Waals surface area contributed by atoms with E-state index in [1.54, 1.807) is 0 Å². The van der Waals surface area contributed by atoms with Crippen molar-refractivity contribution in [1.29, 1.82) is 0 Å². The van der Waals surface area contributed by atoms with Gasteiger partial charge in [-0.1, -0.05) is 39.0 Å². The number of benzene rings is 1. The Labute approximate surface area is 121 Å². The minimum Gasteiger partial charge on any atom is -0.378 e. The molecule has 0 aliphatic heterocycles. The van der Waals surface area contributed by atoms with E-state index in [1.807, 2.05) is 20.2 Å². The maximum Gasteiger partial charge on any atom is 0.150 e. The summed E-state index contributed by atoms with van der Waals surface area (Å²) in [7, 11) is 4.07. The second-order valence-corrected chi connectivity index (χ2v) is 6.57. The Hall–Kier alpha value is -1.83. The molecule has 0 saturated carbocycles. The van der Waals surface area contributed by atoms with Gasteiger partial charge in [0.15, 0.2) is 6.29 Å². The largest absolute Gasteiger partial charge is 0.378 e. The highest BCUT2D eigenvalue weighted by Gasteiger charge is 2.18. The molecule has 1 aromatic carbocycles. The second kappa shape index (κ2) is 5.28. The Bertz CT molecular complexity index is 586. The fourth-order valence-electron chi connectivity index (χ4n) is 2.43. The van der Waals surface area contributed by atoms with Crippen molar-refractivity contribution in [2.75, 3.05) is 14.1 Å². The van der Waals surface area contributed by atoms with Crippen molar-refractivity contribution < 1.29 is 4.79 Å². The molecule has 0 N–H and O–H groups in total. The summed E-state index contributed by atoms with van der Waals surface area (Å²) >= 11 is 0. The van der Waals surface area contributed by atoms with Crippen LogP contribution in [0.15, 0.2) is 36.0 Å². The van der Waals surface area contributed by atoms with E-state index in [0.29, 0.717) is 0 Å². The molecule has 1 aromatic rings. The van der Waals surface area contributed by atoms with Gasteiger partial charge >= 0.3 is 0 Å². The molecule has 0 atom stereocenters. The number of carbonyl (C=O) groups excluding carboxylic acids is 1. The standard InChI is InChI=1S/C18H23NO/c1-18(2,3)15-7-9-17(14(10-15)12-20)13-6-8-16(11-13)19(4)5/h7-12H,6H2,1-5H3. The zero-order valence-corrected chi connectivity index (χ0v) is 13.0. The normalized spacial score (nSPS) is 14.8. The molecule has 2 nitrogen and oxygen atoms in total. The molecular weight excluding hydrogens is 246 g/mol. The predicted octanol–water partition coefficient (Wildman–Crippen LogP) is 4.03. The van der Waals surface area contributed by atoms with Crippen molar-refractivity contribution in [3.8, 4) is 0 Å². The lowest BCUT2D eigenvalue weighted by atomic mass is 9.84. The van der Waals surface area contributed by atoms with E-state index in [-0.39, 0.29) is 5.41 Å². The van der Waals surface area contributed by atoms with Crippen molar-refractivity contribution >= 4 is 11.9 Å². The van der Waals surface area contributed by atoms with Crippen LogP contribution in [0.1, 0.15) is 48.7 Å². The van der Waals surface area contributed by atoms with Gasteiger partial charge in [-0.05, 0) is 40.7 Å². The summed E-state index contributed by atoms with van der Waals surface area (Å²) in [5, 5.41) is 0. The number of likely N-dealkylation sites (N-methyl/N-ethyl adjacent to an activating group) is 1. The van der Waals surface area contributed by atoms with E-state index in [4.69, 9.17) is 0 Å². The highest BCUT2D eigenvalue weighted by atomic mass is 16.1. The van der Waals surface area contributed by atoms with Crippen LogP contribution in [-0.2, 0) is 5.41 Å². The molecule has 2 rings (SSSR count). The highest BCUT2D eigenvalue weighted by Crippen LogP contribution is 2.32. The van der Waals surface area contributed by atoms with Crippen LogP contribution >= 0.6 is 0 Å². The number of allylic oxidation sites excluding steroid dienone is 3. The molecule has 0 heterocycles. The lowest BCUT2D eigenvalue weighted by molar-refractivity contribution is 0.112. The van der Waals surface area contributed by atoms with Gasteiger partial charge in [-0.2, -0.15) is 0 Å². The lowest BCUT2D eigenvalue weighted by Crippen LogP contribution is -2.12. The van der Waals surface area contributed by atoms with E-state index < -0.39 is 0 Å². The Kier molecular flexibility index (Phi) is 3.85. The predicted molar refractivity (Wildman–Crippen MR) is 84.9 cm³/mol. The number of hydrogen-bond acceptors (Lipinski definition) is 2. The van der Waals surface area contributed by atoms with Gasteiger partial charge in [0.25, 0.3) is 0 Å². The van der Waals surface area contributed by atoms with Crippen LogP contribution in [0.5, 0.6) is 0 Å². The zero-order valence-electron chi connectivity index (χ0n) is 13.0. The third kappa shape index (κ3) is 2.84. The van der Waals surface area contributed by atoms with Crippen LogP contribution in [0.4, 0.5) is 0 Å². The Morgan fingerprint density at radius 2 is 1.90 bits per heavy atom. The average Bonchev–Trinajstić information content (AvgIpc) is 2.86. The van der Waals surface area contributed by atoms with Gasteiger partial charge in [0.05, 0.1) is 0 Å². The van der Waals surface area contributed by atoms with Gasteiger partial charge in [0.1, 0.15) is 0 Å². The summed E-state index contributed by atoms with van der Waals surface area (Å²) in [6.45, 7) is 6.49. The van der Waals surface area contributed by atoms with Crippen LogP contribution < -0.4 is 0 Å². The van der Waals surface area contributed by atoms with E-state index >= 15 is 0 Å². The van der Waals surface area contributed by atoms with Crippen molar-refractivity contribution in [3.63, 3.8) is 0 Å². The van der Waals surface area contributed by atoms with Crippen LogP contribution in [-0.4, -0.2) is 25.3 Å². The summed E-state index contributed by atoms with van der Waals surface area (Å²) < 4.78 is 0. The van der Waals surface area contributed by atoms with E-state index in [2.05, 4.69) is 50.0 Å². The number of aldehydes is 1. The Morgan fingerprint density at radius 1 is 1.20 bits per heavy atom. The first-order chi connectivity index (χ1) is 9.32. The summed E-state index contributed by atoms with van der Waals surface area (Å²) in [5.74, 6) is 0. The second-order valence-electron chi connectivity index (χ2n) is 6.57. The smallest absolute Gasteiger partial charge is 0.150 e. The molecule has 0 bridgehead atoms. The lowest BCUT2D eigenvalue weighted by Gasteiger charge is -2.20. The molecule has 1 aliphatic rings. The quantitative estimate of drug-likeness (QED) is 0.772. The summed E-state index contributed by atoms with van der Waals surface area (Å²) in [6.07, 6.45) is 6.23. The third-order valence-electron chi connectivity index (χ3n) is 3.76. The van der Waals surface area contributed by atoms with Crippen molar-refractivity contribution in [2.24, 2.45) is 0 Å². The molecule has 0 spiro atoms. The number of hydrogen-bond donors (Lipinski definition) is 0. The molecule has 0 aromatic heterocycles. The molecule has 0 amide bonds. The van der Waals surface area contributed by atoms with E-state index in [0.717, 1.165) is 23.8 Å². The van der Waals surface area contributed by atoms with Crippen molar-refractivity contribution in [3.05, 3.63) is 52.7 Å². The summed E-state index contributed by atoms with van der Waals surface area (Å²) in [4.78, 5) is 13.5. The minimum absolute atomic E-state index is 0.0629. The van der Waals surface area contributed by atoms with Crippen molar-refractivity contribution in [1.82, 2.24) is 4.90 Å². The number of carbonyl (C=O) groups is 1. The molecule has 0 fully saturated rings. The fourth-order valence-corrected chi connectivity index (χ4v) is 2.43.